The van der Waals surface area contributed by atoms with Crippen molar-refractivity contribution in [3.8, 4) is 0 Å². The van der Waals surface area contributed by atoms with E-state index in [1.807, 2.05) is 6.07 Å². The average molecular weight is 338 g/mol. The Bertz CT molecular complexity index is 690. The molecular formula is C19H26N6. The molecule has 1 aliphatic heterocycles. The Labute approximate surface area is 149 Å². The maximum absolute atomic E-state index is 4.60. The highest BCUT2D eigenvalue weighted by molar-refractivity contribution is 5.48. The number of hydrogen-bond donors (Lipinski definition) is 0. The van der Waals surface area contributed by atoms with Crippen LogP contribution in [0.25, 0.3) is 0 Å². The maximum Gasteiger partial charge on any atom is 0.225 e. The molecule has 1 saturated carbocycles. The van der Waals surface area contributed by atoms with Crippen LogP contribution in [0.15, 0.2) is 24.5 Å². The molecule has 3 heterocycles. The summed E-state index contributed by atoms with van der Waals surface area (Å²) in [5.41, 5.74) is 2.44. The van der Waals surface area contributed by atoms with Crippen LogP contribution in [0.2, 0.25) is 0 Å². The van der Waals surface area contributed by atoms with E-state index in [4.69, 9.17) is 0 Å². The third kappa shape index (κ3) is 3.57. The first kappa shape index (κ1) is 16.2. The summed E-state index contributed by atoms with van der Waals surface area (Å²) in [5.74, 6) is 2.46. The maximum atomic E-state index is 4.60. The molecule has 0 spiro atoms. The van der Waals surface area contributed by atoms with Crippen LogP contribution in [0.4, 0.5) is 11.8 Å². The molecule has 6 nitrogen and oxygen atoms in total. The number of hydrogen-bond acceptors (Lipinski definition) is 6. The van der Waals surface area contributed by atoms with Crippen LogP contribution in [0.3, 0.4) is 0 Å². The Morgan fingerprint density at radius 1 is 0.880 bits per heavy atom. The summed E-state index contributed by atoms with van der Waals surface area (Å²) in [7, 11) is 0. The molecule has 2 fully saturated rings. The van der Waals surface area contributed by atoms with Gasteiger partial charge in [0.05, 0.1) is 5.69 Å². The van der Waals surface area contributed by atoms with Gasteiger partial charge in [0.25, 0.3) is 0 Å². The zero-order chi connectivity index (χ0) is 17.1. The van der Waals surface area contributed by atoms with E-state index in [-0.39, 0.29) is 0 Å². The van der Waals surface area contributed by atoms with Crippen molar-refractivity contribution in [2.75, 3.05) is 36.0 Å². The summed E-state index contributed by atoms with van der Waals surface area (Å²) in [4.78, 5) is 13.3. The molecule has 0 radical (unpaired) electrons. The molecule has 2 aromatic rings. The summed E-state index contributed by atoms with van der Waals surface area (Å²) >= 11 is 0. The molecule has 0 unspecified atom stereocenters. The summed E-state index contributed by atoms with van der Waals surface area (Å²) in [6.45, 7) is 5.85. The molecule has 2 aromatic heterocycles. The number of anilines is 2. The van der Waals surface area contributed by atoms with E-state index in [0.29, 0.717) is 5.92 Å². The highest BCUT2D eigenvalue weighted by Gasteiger charge is 2.23. The second-order valence-corrected chi connectivity index (χ2v) is 7.13. The Morgan fingerprint density at radius 3 is 2.24 bits per heavy atom. The highest BCUT2D eigenvalue weighted by Crippen LogP contribution is 2.32. The third-order valence-electron chi connectivity index (χ3n) is 5.41. The van der Waals surface area contributed by atoms with Gasteiger partial charge < -0.3 is 9.80 Å². The molecule has 2 aliphatic rings. The van der Waals surface area contributed by atoms with Crippen molar-refractivity contribution < 1.29 is 0 Å². The predicted octanol–water partition coefficient (Wildman–Crippen LogP) is 2.95. The highest BCUT2D eigenvalue weighted by atomic mass is 15.3. The zero-order valence-corrected chi connectivity index (χ0v) is 14.9. The lowest BCUT2D eigenvalue weighted by Crippen LogP contribution is -2.47. The van der Waals surface area contributed by atoms with Gasteiger partial charge >= 0.3 is 0 Å². The number of rotatable bonds is 3. The third-order valence-corrected chi connectivity index (χ3v) is 5.41. The van der Waals surface area contributed by atoms with Gasteiger partial charge in [0.15, 0.2) is 5.82 Å². The van der Waals surface area contributed by atoms with Gasteiger partial charge in [-0.15, -0.1) is 5.10 Å². The molecule has 0 amide bonds. The van der Waals surface area contributed by atoms with E-state index in [9.17, 15) is 0 Å². The Balaban J connectivity index is 1.42. The van der Waals surface area contributed by atoms with Crippen molar-refractivity contribution in [1.29, 1.82) is 0 Å². The summed E-state index contributed by atoms with van der Waals surface area (Å²) in [6, 6.07) is 4.12. The van der Waals surface area contributed by atoms with Gasteiger partial charge in [-0.05, 0) is 37.5 Å². The number of aromatic nitrogens is 4. The Kier molecular flexibility index (Phi) is 4.76. The van der Waals surface area contributed by atoms with Gasteiger partial charge in [-0.1, -0.05) is 19.3 Å². The first-order valence-corrected chi connectivity index (χ1v) is 9.42. The van der Waals surface area contributed by atoms with Crippen LogP contribution in [-0.4, -0.2) is 46.3 Å². The van der Waals surface area contributed by atoms with Gasteiger partial charge in [-0.2, -0.15) is 5.10 Å². The second kappa shape index (κ2) is 7.33. The monoisotopic (exact) mass is 338 g/mol. The van der Waals surface area contributed by atoms with Gasteiger partial charge in [0, 0.05) is 44.5 Å². The largest absolute Gasteiger partial charge is 0.351 e. The van der Waals surface area contributed by atoms with Crippen molar-refractivity contribution in [3.05, 3.63) is 35.8 Å². The molecule has 0 bridgehead atoms. The molecule has 1 saturated heterocycles. The lowest BCUT2D eigenvalue weighted by Gasteiger charge is -2.35. The SMILES string of the molecule is Cc1cc(C2CCCCC2)nnc1N1CCN(c2ncccn2)CC1. The lowest BCUT2D eigenvalue weighted by molar-refractivity contribution is 0.433. The van der Waals surface area contributed by atoms with Gasteiger partial charge in [0.1, 0.15) is 0 Å². The predicted molar refractivity (Wildman–Crippen MR) is 99.1 cm³/mol. The first-order valence-electron chi connectivity index (χ1n) is 9.42. The molecule has 132 valence electrons. The molecule has 4 rings (SSSR count). The van der Waals surface area contributed by atoms with Crippen LogP contribution in [0.5, 0.6) is 0 Å². The van der Waals surface area contributed by atoms with E-state index in [2.05, 4.69) is 43.0 Å². The minimum absolute atomic E-state index is 0.612. The van der Waals surface area contributed by atoms with E-state index < -0.39 is 0 Å². The van der Waals surface area contributed by atoms with Crippen LogP contribution in [0, 0.1) is 6.92 Å². The fraction of sp³-hybridized carbons (Fsp3) is 0.579. The smallest absolute Gasteiger partial charge is 0.225 e. The van der Waals surface area contributed by atoms with Crippen LogP contribution in [-0.2, 0) is 0 Å². The molecule has 0 N–H and O–H groups in total. The molecule has 0 atom stereocenters. The number of piperazine rings is 1. The van der Waals surface area contributed by atoms with Crippen LogP contribution < -0.4 is 9.80 Å². The van der Waals surface area contributed by atoms with Crippen molar-refractivity contribution in [3.63, 3.8) is 0 Å². The Morgan fingerprint density at radius 2 is 1.56 bits per heavy atom. The van der Waals surface area contributed by atoms with Crippen molar-refractivity contribution in [2.24, 2.45) is 0 Å². The molecule has 1 aliphatic carbocycles. The topological polar surface area (TPSA) is 58.0 Å². The van der Waals surface area contributed by atoms with Crippen molar-refractivity contribution >= 4 is 11.8 Å². The average Bonchev–Trinajstić information content (AvgIpc) is 2.69. The first-order chi connectivity index (χ1) is 12.3. The van der Waals surface area contributed by atoms with Crippen LogP contribution in [0.1, 0.15) is 49.3 Å². The fourth-order valence-corrected chi connectivity index (χ4v) is 3.98. The Hall–Kier alpha value is -2.24. The zero-order valence-electron chi connectivity index (χ0n) is 14.9. The molecule has 0 aromatic carbocycles. The molecule has 6 heteroatoms. The van der Waals surface area contributed by atoms with E-state index in [0.717, 1.165) is 37.9 Å². The number of aryl methyl sites for hydroxylation is 1. The lowest BCUT2D eigenvalue weighted by atomic mass is 9.86. The minimum atomic E-state index is 0.612. The summed E-state index contributed by atoms with van der Waals surface area (Å²) in [5, 5.41) is 9.19. The van der Waals surface area contributed by atoms with Gasteiger partial charge in [-0.25, -0.2) is 9.97 Å². The minimum Gasteiger partial charge on any atom is -0.351 e. The van der Waals surface area contributed by atoms with Gasteiger partial charge in [0.2, 0.25) is 5.95 Å². The normalized spacial score (nSPS) is 19.2. The van der Waals surface area contributed by atoms with Crippen molar-refractivity contribution in [2.45, 2.75) is 44.9 Å². The second-order valence-electron chi connectivity index (χ2n) is 7.13. The van der Waals surface area contributed by atoms with Crippen LogP contribution >= 0.6 is 0 Å². The quantitative estimate of drug-likeness (QED) is 0.857. The molecular weight excluding hydrogens is 312 g/mol. The van der Waals surface area contributed by atoms with Crippen molar-refractivity contribution in [1.82, 2.24) is 20.2 Å². The summed E-state index contributed by atoms with van der Waals surface area (Å²) in [6.07, 6.45) is 10.2. The van der Waals surface area contributed by atoms with Gasteiger partial charge in [-0.3, -0.25) is 0 Å². The molecule has 25 heavy (non-hydrogen) atoms. The van der Waals surface area contributed by atoms with E-state index in [1.54, 1.807) is 12.4 Å². The number of nitrogens with zero attached hydrogens (tertiary/aromatic N) is 6. The van der Waals surface area contributed by atoms with E-state index in [1.165, 1.54) is 43.4 Å². The fourth-order valence-electron chi connectivity index (χ4n) is 3.98. The summed E-state index contributed by atoms with van der Waals surface area (Å²) < 4.78 is 0. The van der Waals surface area contributed by atoms with E-state index >= 15 is 0 Å². The standard InChI is InChI=1S/C19H26N6/c1-15-14-17(16-6-3-2-4-7-16)22-23-18(15)24-10-12-25(13-11-24)19-20-8-5-9-21-19/h5,8-9,14,16H,2-4,6-7,10-13H2,1H3.